The van der Waals surface area contributed by atoms with E-state index in [0.29, 0.717) is 17.9 Å². The van der Waals surface area contributed by atoms with E-state index >= 15 is 0 Å². The lowest BCUT2D eigenvalue weighted by atomic mass is 10.1. The molecule has 26 heavy (non-hydrogen) atoms. The number of cyclic esters (lactones) is 1. The predicted octanol–water partition coefficient (Wildman–Crippen LogP) is 4.90. The first-order chi connectivity index (χ1) is 12.5. The number of carbonyl (C=O) groups excluding carboxylic acids is 1. The molecule has 0 amide bonds. The molecular formula is C21H20BrNO3. The van der Waals surface area contributed by atoms with Crippen LogP contribution in [0.25, 0.3) is 11.8 Å². The van der Waals surface area contributed by atoms with E-state index in [2.05, 4.69) is 15.9 Å². The minimum absolute atomic E-state index is 0.346. The van der Waals surface area contributed by atoms with Gasteiger partial charge in [0.2, 0.25) is 0 Å². The summed E-state index contributed by atoms with van der Waals surface area (Å²) in [5.74, 6) is 0.998. The summed E-state index contributed by atoms with van der Waals surface area (Å²) in [6, 6.07) is 13.5. The molecule has 0 radical (unpaired) electrons. The fraction of sp³-hybridized carbons (Fsp3) is 0.190. The Balaban J connectivity index is 1.85. The predicted molar refractivity (Wildman–Crippen MR) is 108 cm³/mol. The molecule has 134 valence electrons. The first-order valence-electron chi connectivity index (χ1n) is 8.33. The molecule has 0 fully saturated rings. The Labute approximate surface area is 161 Å². The summed E-state index contributed by atoms with van der Waals surface area (Å²) in [4.78, 5) is 14.2. The fourth-order valence-corrected chi connectivity index (χ4v) is 3.42. The van der Waals surface area contributed by atoms with Gasteiger partial charge in [0, 0.05) is 24.1 Å². The smallest absolute Gasteiger partial charge is 0.343 e. The molecule has 0 N–H and O–H groups in total. The van der Waals surface area contributed by atoms with Crippen LogP contribution in [0, 0.1) is 0 Å². The Morgan fingerprint density at radius 2 is 1.88 bits per heavy atom. The summed E-state index contributed by atoms with van der Waals surface area (Å²) in [6.07, 6.45) is 3.60. The summed E-state index contributed by atoms with van der Waals surface area (Å²) >= 11 is 3.57. The molecule has 2 aromatic carbocycles. The van der Waals surface area contributed by atoms with Crippen LogP contribution in [0.5, 0.6) is 5.75 Å². The number of ether oxygens (including phenoxy) is 2. The van der Waals surface area contributed by atoms with Crippen LogP contribution in [0.3, 0.4) is 0 Å². The minimum Gasteiger partial charge on any atom is -0.494 e. The molecule has 0 saturated carbocycles. The summed E-state index contributed by atoms with van der Waals surface area (Å²) < 4.78 is 11.8. The van der Waals surface area contributed by atoms with Crippen LogP contribution in [0.15, 0.2) is 58.6 Å². The van der Waals surface area contributed by atoms with Crippen molar-refractivity contribution >= 4 is 39.4 Å². The van der Waals surface area contributed by atoms with Gasteiger partial charge in [-0.15, -0.1) is 0 Å². The van der Waals surface area contributed by atoms with Crippen molar-refractivity contribution in [3.8, 4) is 5.75 Å². The van der Waals surface area contributed by atoms with Crippen LogP contribution in [0.4, 0.5) is 5.69 Å². The van der Waals surface area contributed by atoms with Crippen LogP contribution in [-0.4, -0.2) is 26.7 Å². The largest absolute Gasteiger partial charge is 0.494 e. The molecule has 5 heteroatoms. The maximum absolute atomic E-state index is 12.2. The van der Waals surface area contributed by atoms with Gasteiger partial charge in [-0.25, -0.2) is 4.79 Å². The third-order valence-electron chi connectivity index (χ3n) is 3.95. The molecule has 0 saturated heterocycles. The molecule has 0 aliphatic carbocycles. The summed E-state index contributed by atoms with van der Waals surface area (Å²) in [5, 5.41) is 0. The van der Waals surface area contributed by atoms with E-state index in [9.17, 15) is 4.79 Å². The number of esters is 1. The first kappa shape index (κ1) is 18.3. The molecule has 0 unspecified atom stereocenters. The second kappa shape index (κ2) is 7.79. The lowest BCUT2D eigenvalue weighted by Gasteiger charge is -2.14. The number of carbonyl (C=O) groups is 1. The Kier molecular flexibility index (Phi) is 5.47. The third kappa shape index (κ3) is 3.99. The van der Waals surface area contributed by atoms with Gasteiger partial charge in [-0.3, -0.25) is 0 Å². The zero-order chi connectivity index (χ0) is 18.7. The van der Waals surface area contributed by atoms with Gasteiger partial charge >= 0.3 is 5.97 Å². The SMILES string of the molecule is CCOc1ccc(C2=CC(=Cc3ccc(N(C)C)c(Br)c3)C(=O)O2)cc1. The van der Waals surface area contributed by atoms with E-state index in [1.54, 1.807) is 6.08 Å². The van der Waals surface area contributed by atoms with Crippen LogP contribution in [0.1, 0.15) is 18.1 Å². The Hall–Kier alpha value is -2.53. The summed E-state index contributed by atoms with van der Waals surface area (Å²) in [5.41, 5.74) is 3.37. The lowest BCUT2D eigenvalue weighted by Crippen LogP contribution is -2.09. The van der Waals surface area contributed by atoms with Gasteiger partial charge < -0.3 is 14.4 Å². The van der Waals surface area contributed by atoms with Gasteiger partial charge in [0.15, 0.2) is 0 Å². The van der Waals surface area contributed by atoms with Gasteiger partial charge in [-0.2, -0.15) is 0 Å². The maximum Gasteiger partial charge on any atom is 0.343 e. The number of hydrogen-bond acceptors (Lipinski definition) is 4. The summed E-state index contributed by atoms with van der Waals surface area (Å²) in [6.45, 7) is 2.56. The molecule has 4 nitrogen and oxygen atoms in total. The number of hydrogen-bond donors (Lipinski definition) is 0. The highest BCUT2D eigenvalue weighted by atomic mass is 79.9. The van der Waals surface area contributed by atoms with Gasteiger partial charge in [0.05, 0.1) is 17.9 Å². The number of rotatable bonds is 5. The van der Waals surface area contributed by atoms with Gasteiger partial charge in [-0.05, 0) is 77.0 Å². The van der Waals surface area contributed by atoms with Crippen LogP contribution in [-0.2, 0) is 9.53 Å². The first-order valence-corrected chi connectivity index (χ1v) is 9.13. The van der Waals surface area contributed by atoms with Crippen molar-refractivity contribution in [2.24, 2.45) is 0 Å². The standard InChI is InChI=1S/C21H20BrNO3/c1-4-25-17-8-6-15(7-9-17)20-13-16(21(24)26-20)11-14-5-10-19(23(2)3)18(22)12-14/h5-13H,4H2,1-3H3. The molecular weight excluding hydrogens is 394 g/mol. The number of halogens is 1. The van der Waals surface area contributed by atoms with E-state index in [1.807, 2.05) is 74.5 Å². The highest BCUT2D eigenvalue weighted by Crippen LogP contribution is 2.30. The second-order valence-electron chi connectivity index (χ2n) is 6.06. The molecule has 1 aliphatic rings. The van der Waals surface area contributed by atoms with Gasteiger partial charge in [0.25, 0.3) is 0 Å². The second-order valence-corrected chi connectivity index (χ2v) is 6.91. The quantitative estimate of drug-likeness (QED) is 0.516. The van der Waals surface area contributed by atoms with Crippen LogP contribution >= 0.6 is 15.9 Å². The molecule has 0 atom stereocenters. The van der Waals surface area contributed by atoms with Gasteiger partial charge in [-0.1, -0.05) is 6.07 Å². The molecule has 0 aromatic heterocycles. The molecule has 0 spiro atoms. The van der Waals surface area contributed by atoms with Crippen molar-refractivity contribution in [1.29, 1.82) is 0 Å². The monoisotopic (exact) mass is 413 g/mol. The third-order valence-corrected chi connectivity index (χ3v) is 4.59. The van der Waals surface area contributed by atoms with E-state index in [0.717, 1.165) is 27.0 Å². The summed E-state index contributed by atoms with van der Waals surface area (Å²) in [7, 11) is 3.97. The average molecular weight is 414 g/mol. The zero-order valence-corrected chi connectivity index (χ0v) is 16.5. The molecule has 1 heterocycles. The minimum atomic E-state index is -0.346. The van der Waals surface area contributed by atoms with Crippen molar-refractivity contribution in [2.75, 3.05) is 25.6 Å². The normalized spacial score (nSPS) is 15.0. The van der Waals surface area contributed by atoms with Crippen molar-refractivity contribution < 1.29 is 14.3 Å². The van der Waals surface area contributed by atoms with Crippen molar-refractivity contribution in [3.63, 3.8) is 0 Å². The molecule has 3 rings (SSSR count). The van der Waals surface area contributed by atoms with Crippen molar-refractivity contribution in [3.05, 3.63) is 69.7 Å². The number of anilines is 1. The van der Waals surface area contributed by atoms with E-state index in [4.69, 9.17) is 9.47 Å². The highest BCUT2D eigenvalue weighted by molar-refractivity contribution is 9.10. The van der Waals surface area contributed by atoms with Crippen molar-refractivity contribution in [2.45, 2.75) is 6.92 Å². The molecule has 1 aliphatic heterocycles. The lowest BCUT2D eigenvalue weighted by molar-refractivity contribution is -0.130. The van der Waals surface area contributed by atoms with E-state index in [-0.39, 0.29) is 5.97 Å². The van der Waals surface area contributed by atoms with Crippen LogP contribution in [0.2, 0.25) is 0 Å². The highest BCUT2D eigenvalue weighted by Gasteiger charge is 2.22. The Bertz CT molecular complexity index is 883. The van der Waals surface area contributed by atoms with Crippen molar-refractivity contribution in [1.82, 2.24) is 0 Å². The Morgan fingerprint density at radius 1 is 1.15 bits per heavy atom. The van der Waals surface area contributed by atoms with Crippen LogP contribution < -0.4 is 9.64 Å². The topological polar surface area (TPSA) is 38.8 Å². The Morgan fingerprint density at radius 3 is 2.50 bits per heavy atom. The zero-order valence-electron chi connectivity index (χ0n) is 15.0. The number of benzene rings is 2. The number of nitrogens with zero attached hydrogens (tertiary/aromatic N) is 1. The molecule has 2 aromatic rings. The van der Waals surface area contributed by atoms with E-state index in [1.165, 1.54) is 0 Å². The average Bonchev–Trinajstić information content (AvgIpc) is 2.96. The fourth-order valence-electron chi connectivity index (χ4n) is 2.67. The van der Waals surface area contributed by atoms with Gasteiger partial charge in [0.1, 0.15) is 11.5 Å². The maximum atomic E-state index is 12.2. The van der Waals surface area contributed by atoms with E-state index < -0.39 is 0 Å². The molecule has 0 bridgehead atoms.